The highest BCUT2D eigenvalue weighted by Crippen LogP contribution is 2.41. The molecule has 0 radical (unpaired) electrons. The maximum Gasteiger partial charge on any atom is -0.00730 e. The van der Waals surface area contributed by atoms with Crippen molar-refractivity contribution in [2.75, 3.05) is 12.3 Å². The third-order valence-corrected chi connectivity index (χ3v) is 6.25. The van der Waals surface area contributed by atoms with E-state index in [1.807, 2.05) is 0 Å². The molecule has 0 saturated heterocycles. The Hall–Kier alpha value is -1.13. The summed E-state index contributed by atoms with van der Waals surface area (Å²) in [7, 11) is 0.133. The summed E-state index contributed by atoms with van der Waals surface area (Å²) in [5.41, 5.74) is 3.01. The minimum atomic E-state index is 0.133. The van der Waals surface area contributed by atoms with Crippen LogP contribution in [0.5, 0.6) is 0 Å². The molecule has 1 atom stereocenters. The largest absolute Gasteiger partial charge is 0.102 e. The minimum absolute atomic E-state index is 0.133. The van der Waals surface area contributed by atoms with E-state index in [0.29, 0.717) is 0 Å². The van der Waals surface area contributed by atoms with Gasteiger partial charge >= 0.3 is 0 Å². The van der Waals surface area contributed by atoms with E-state index in [1.54, 1.807) is 0 Å². The molecule has 0 aliphatic carbocycles. The molecular weight excluding hydrogens is 259 g/mol. The lowest BCUT2D eigenvalue weighted by Gasteiger charge is -2.18. The SMILES string of the molecule is CCCCP(CCc1ccccc1)Cc1ccccc1. The zero-order valence-electron chi connectivity index (χ0n) is 12.5. The number of benzene rings is 2. The molecule has 0 aliphatic rings. The van der Waals surface area contributed by atoms with Gasteiger partial charge in [-0.3, -0.25) is 0 Å². The van der Waals surface area contributed by atoms with Crippen LogP contribution in [0.1, 0.15) is 30.9 Å². The zero-order chi connectivity index (χ0) is 14.0. The Morgan fingerprint density at radius 2 is 1.35 bits per heavy atom. The summed E-state index contributed by atoms with van der Waals surface area (Å²) in [5.74, 6) is 0. The van der Waals surface area contributed by atoms with Gasteiger partial charge in [0.1, 0.15) is 0 Å². The Balaban J connectivity index is 1.89. The molecule has 2 aromatic carbocycles. The van der Waals surface area contributed by atoms with E-state index in [1.165, 1.54) is 48.9 Å². The fourth-order valence-electron chi connectivity index (χ4n) is 2.43. The number of hydrogen-bond acceptors (Lipinski definition) is 0. The van der Waals surface area contributed by atoms with Crippen LogP contribution in [0.15, 0.2) is 60.7 Å². The molecule has 0 N–H and O–H groups in total. The van der Waals surface area contributed by atoms with Crippen molar-refractivity contribution < 1.29 is 0 Å². The highest BCUT2D eigenvalue weighted by molar-refractivity contribution is 7.56. The van der Waals surface area contributed by atoms with Crippen LogP contribution in [-0.2, 0) is 12.6 Å². The third kappa shape index (κ3) is 5.47. The van der Waals surface area contributed by atoms with Crippen LogP contribution in [-0.4, -0.2) is 12.3 Å². The second-order valence-electron chi connectivity index (χ2n) is 5.35. The van der Waals surface area contributed by atoms with Gasteiger partial charge in [0.15, 0.2) is 0 Å². The summed E-state index contributed by atoms with van der Waals surface area (Å²) in [6.07, 6.45) is 8.03. The fourth-order valence-corrected chi connectivity index (χ4v) is 5.03. The van der Waals surface area contributed by atoms with Gasteiger partial charge in [-0.15, -0.1) is 7.92 Å². The first-order chi connectivity index (χ1) is 9.88. The summed E-state index contributed by atoms with van der Waals surface area (Å²) in [6, 6.07) is 21.9. The highest BCUT2D eigenvalue weighted by atomic mass is 31.1. The maximum atomic E-state index is 2.30. The molecule has 0 aromatic heterocycles. The highest BCUT2D eigenvalue weighted by Gasteiger charge is 2.08. The zero-order valence-corrected chi connectivity index (χ0v) is 13.4. The van der Waals surface area contributed by atoms with Crippen molar-refractivity contribution in [2.45, 2.75) is 32.3 Å². The molecule has 20 heavy (non-hydrogen) atoms. The Labute approximate surface area is 125 Å². The van der Waals surface area contributed by atoms with E-state index < -0.39 is 0 Å². The van der Waals surface area contributed by atoms with Crippen molar-refractivity contribution in [1.29, 1.82) is 0 Å². The number of hydrogen-bond donors (Lipinski definition) is 0. The van der Waals surface area contributed by atoms with Gasteiger partial charge in [-0.1, -0.05) is 74.0 Å². The van der Waals surface area contributed by atoms with Crippen LogP contribution in [0, 0.1) is 0 Å². The molecule has 2 rings (SSSR count). The first-order valence-electron chi connectivity index (χ1n) is 7.68. The van der Waals surface area contributed by atoms with Crippen molar-refractivity contribution in [2.24, 2.45) is 0 Å². The minimum Gasteiger partial charge on any atom is -0.102 e. The van der Waals surface area contributed by atoms with Gasteiger partial charge in [0.25, 0.3) is 0 Å². The van der Waals surface area contributed by atoms with Crippen molar-refractivity contribution >= 4 is 7.92 Å². The quantitative estimate of drug-likeness (QED) is 0.544. The molecular formula is C19H25P. The van der Waals surface area contributed by atoms with Gasteiger partial charge < -0.3 is 0 Å². The fraction of sp³-hybridized carbons (Fsp3) is 0.368. The summed E-state index contributed by atoms with van der Waals surface area (Å²) in [4.78, 5) is 0. The van der Waals surface area contributed by atoms with Crippen molar-refractivity contribution in [3.8, 4) is 0 Å². The maximum absolute atomic E-state index is 2.30. The van der Waals surface area contributed by atoms with Gasteiger partial charge in [-0.05, 0) is 42.5 Å². The van der Waals surface area contributed by atoms with Crippen LogP contribution in [0.2, 0.25) is 0 Å². The van der Waals surface area contributed by atoms with Crippen molar-refractivity contribution in [3.63, 3.8) is 0 Å². The summed E-state index contributed by atoms with van der Waals surface area (Å²) in [5, 5.41) is 0. The lowest BCUT2D eigenvalue weighted by Crippen LogP contribution is -1.98. The van der Waals surface area contributed by atoms with Gasteiger partial charge in [0.05, 0.1) is 0 Å². The molecule has 0 spiro atoms. The molecule has 0 nitrogen and oxygen atoms in total. The Morgan fingerprint density at radius 1 is 0.750 bits per heavy atom. The monoisotopic (exact) mass is 284 g/mol. The molecule has 0 bridgehead atoms. The van der Waals surface area contributed by atoms with E-state index in [0.717, 1.165) is 0 Å². The first kappa shape index (κ1) is 15.3. The summed E-state index contributed by atoms with van der Waals surface area (Å²) >= 11 is 0. The molecule has 1 unspecified atom stereocenters. The van der Waals surface area contributed by atoms with Gasteiger partial charge in [0.2, 0.25) is 0 Å². The van der Waals surface area contributed by atoms with E-state index in [-0.39, 0.29) is 7.92 Å². The van der Waals surface area contributed by atoms with Crippen LogP contribution in [0.4, 0.5) is 0 Å². The molecule has 2 aromatic rings. The second-order valence-corrected chi connectivity index (χ2v) is 7.90. The standard InChI is InChI=1S/C19H25P/c1-2-3-15-20(17-19-12-8-5-9-13-19)16-14-18-10-6-4-7-11-18/h4-13H,2-3,14-17H2,1H3. The van der Waals surface area contributed by atoms with Gasteiger partial charge in [-0.25, -0.2) is 0 Å². The molecule has 0 amide bonds. The van der Waals surface area contributed by atoms with Gasteiger partial charge in [-0.2, -0.15) is 0 Å². The van der Waals surface area contributed by atoms with E-state index >= 15 is 0 Å². The number of rotatable bonds is 8. The smallest absolute Gasteiger partial charge is 0.00730 e. The van der Waals surface area contributed by atoms with Gasteiger partial charge in [0, 0.05) is 0 Å². The normalized spacial score (nSPS) is 12.2. The topological polar surface area (TPSA) is 0 Å². The van der Waals surface area contributed by atoms with Crippen LogP contribution < -0.4 is 0 Å². The first-order valence-corrected chi connectivity index (χ1v) is 9.58. The lowest BCUT2D eigenvalue weighted by molar-refractivity contribution is 0.886. The van der Waals surface area contributed by atoms with Crippen LogP contribution in [0.25, 0.3) is 0 Å². The van der Waals surface area contributed by atoms with Crippen LogP contribution in [0.3, 0.4) is 0 Å². The number of unbranched alkanes of at least 4 members (excludes halogenated alkanes) is 1. The molecule has 0 fully saturated rings. The molecule has 0 saturated carbocycles. The molecule has 0 aliphatic heterocycles. The third-order valence-electron chi connectivity index (χ3n) is 3.64. The average Bonchev–Trinajstić information content (AvgIpc) is 2.52. The summed E-state index contributed by atoms with van der Waals surface area (Å²) in [6.45, 7) is 2.30. The Morgan fingerprint density at radius 3 is 1.95 bits per heavy atom. The Kier molecular flexibility index (Phi) is 6.81. The molecule has 1 heteroatoms. The predicted octanol–water partition coefficient (Wildman–Crippen LogP) is 5.71. The van der Waals surface area contributed by atoms with E-state index in [2.05, 4.69) is 67.6 Å². The molecule has 106 valence electrons. The predicted molar refractivity (Wildman–Crippen MR) is 91.9 cm³/mol. The van der Waals surface area contributed by atoms with Crippen LogP contribution >= 0.6 is 7.92 Å². The molecule has 0 heterocycles. The number of aryl methyl sites for hydroxylation is 1. The average molecular weight is 284 g/mol. The second kappa shape index (κ2) is 8.93. The summed E-state index contributed by atoms with van der Waals surface area (Å²) < 4.78 is 0. The van der Waals surface area contributed by atoms with Crippen molar-refractivity contribution in [1.82, 2.24) is 0 Å². The van der Waals surface area contributed by atoms with E-state index in [4.69, 9.17) is 0 Å². The van der Waals surface area contributed by atoms with Crippen molar-refractivity contribution in [3.05, 3.63) is 71.8 Å². The van der Waals surface area contributed by atoms with E-state index in [9.17, 15) is 0 Å². The lowest BCUT2D eigenvalue weighted by atomic mass is 10.2. The Bertz CT molecular complexity index is 464.